The summed E-state index contributed by atoms with van der Waals surface area (Å²) in [4.78, 5) is 26.8. The maximum absolute atomic E-state index is 13.6. The van der Waals surface area contributed by atoms with E-state index in [4.69, 9.17) is 14.2 Å². The maximum atomic E-state index is 13.6. The fourth-order valence-electron chi connectivity index (χ4n) is 10.8. The molecule has 2 aliphatic heterocycles. The Kier molecular flexibility index (Phi) is 6.06. The van der Waals surface area contributed by atoms with Gasteiger partial charge in [0, 0.05) is 11.8 Å². The zero-order chi connectivity index (χ0) is 26.5. The van der Waals surface area contributed by atoms with Crippen LogP contribution in [0.25, 0.3) is 0 Å². The van der Waals surface area contributed by atoms with E-state index in [9.17, 15) is 14.7 Å². The Morgan fingerprint density at radius 3 is 2.59 bits per heavy atom. The number of carboxylic acids is 1. The number of hydrogen-bond donors (Lipinski definition) is 1. The van der Waals surface area contributed by atoms with E-state index in [1.807, 2.05) is 0 Å². The Bertz CT molecular complexity index is 982. The molecule has 5 fully saturated rings. The zero-order valence-electron chi connectivity index (χ0n) is 23.4. The van der Waals surface area contributed by atoms with Crippen LogP contribution < -0.4 is 0 Å². The van der Waals surface area contributed by atoms with Crippen molar-refractivity contribution in [2.24, 2.45) is 63.6 Å². The van der Waals surface area contributed by atoms with Crippen LogP contribution in [0.5, 0.6) is 0 Å². The van der Waals surface area contributed by atoms with E-state index >= 15 is 0 Å². The quantitative estimate of drug-likeness (QED) is 0.364. The second-order valence-electron chi connectivity index (χ2n) is 14.2. The van der Waals surface area contributed by atoms with Crippen LogP contribution in [0.3, 0.4) is 0 Å². The molecule has 6 rings (SSSR count). The summed E-state index contributed by atoms with van der Waals surface area (Å²) >= 11 is 0. The number of fused-ring (bicyclic) bond motifs is 3. The summed E-state index contributed by atoms with van der Waals surface area (Å²) in [5, 5.41) is 11.2. The number of hydrogen-bond acceptors (Lipinski definition) is 5. The largest absolute Gasteiger partial charge is 0.481 e. The highest BCUT2D eigenvalue weighted by Gasteiger charge is 2.84. The van der Waals surface area contributed by atoms with Gasteiger partial charge in [-0.25, -0.2) is 0 Å². The topological polar surface area (TPSA) is 82.1 Å². The van der Waals surface area contributed by atoms with Gasteiger partial charge in [0.25, 0.3) is 0 Å². The Hall–Kier alpha value is -1.24. The Balaban J connectivity index is 1.36. The lowest BCUT2D eigenvalue weighted by atomic mass is 9.43. The molecule has 0 amide bonds. The van der Waals surface area contributed by atoms with E-state index in [-0.39, 0.29) is 36.3 Å². The molecule has 3 saturated carbocycles. The van der Waals surface area contributed by atoms with Gasteiger partial charge < -0.3 is 24.1 Å². The molecule has 0 aromatic rings. The number of ether oxygens (including phenoxy) is 3. The molecule has 0 aromatic heterocycles. The molecule has 12 atom stereocenters. The summed E-state index contributed by atoms with van der Waals surface area (Å²) < 4.78 is 19.2. The van der Waals surface area contributed by atoms with Crippen molar-refractivity contribution in [2.45, 2.75) is 92.1 Å². The molecule has 0 radical (unpaired) electrons. The summed E-state index contributed by atoms with van der Waals surface area (Å²) in [6.07, 6.45) is 7.30. The Morgan fingerprint density at radius 2 is 1.95 bits per heavy atom. The van der Waals surface area contributed by atoms with Gasteiger partial charge in [-0.2, -0.15) is 0 Å². The van der Waals surface area contributed by atoms with Crippen LogP contribution in [0.1, 0.15) is 73.6 Å². The van der Waals surface area contributed by atoms with Crippen LogP contribution in [-0.2, 0) is 23.8 Å². The minimum Gasteiger partial charge on any atom is -0.481 e. The summed E-state index contributed by atoms with van der Waals surface area (Å²) in [5.74, 6) is 1.74. The lowest BCUT2D eigenvalue weighted by Crippen LogP contribution is -2.63. The lowest BCUT2D eigenvalue weighted by Gasteiger charge is -2.58. The Labute approximate surface area is 221 Å². The van der Waals surface area contributed by atoms with Crippen LogP contribution in [0.15, 0.2) is 11.6 Å². The molecular weight excluding hydrogens is 468 g/mol. The van der Waals surface area contributed by atoms with E-state index in [1.165, 1.54) is 0 Å². The van der Waals surface area contributed by atoms with Crippen molar-refractivity contribution >= 4 is 12.3 Å². The van der Waals surface area contributed by atoms with Crippen LogP contribution in [0.2, 0.25) is 0 Å². The molecule has 6 nitrogen and oxygen atoms in total. The summed E-state index contributed by atoms with van der Waals surface area (Å²) in [5.41, 5.74) is -1.67. The van der Waals surface area contributed by atoms with Crippen molar-refractivity contribution in [2.75, 3.05) is 13.2 Å². The minimum atomic E-state index is -1.19. The molecule has 6 aliphatic rings. The second kappa shape index (κ2) is 8.63. The molecule has 2 heterocycles. The van der Waals surface area contributed by atoms with Gasteiger partial charge >= 0.3 is 5.97 Å². The molecule has 2 unspecified atom stereocenters. The average molecular weight is 515 g/mol. The monoisotopic (exact) mass is 514 g/mol. The molecule has 6 heteroatoms. The number of aliphatic carboxylic acids is 1. The highest BCUT2D eigenvalue weighted by molar-refractivity contribution is 5.90. The second-order valence-corrected chi connectivity index (χ2v) is 14.2. The third kappa shape index (κ3) is 3.10. The average Bonchev–Trinajstić information content (AvgIpc) is 3.55. The van der Waals surface area contributed by atoms with E-state index in [2.05, 4.69) is 47.6 Å². The number of rotatable bonds is 7. The number of carbonyl (C=O) groups excluding carboxylic acids is 1. The van der Waals surface area contributed by atoms with Gasteiger partial charge in [0.15, 0.2) is 6.29 Å². The van der Waals surface area contributed by atoms with Gasteiger partial charge in [0.1, 0.15) is 11.7 Å². The fraction of sp³-hybridized carbons (Fsp3) is 0.871. The van der Waals surface area contributed by atoms with Gasteiger partial charge in [0.05, 0.1) is 30.8 Å². The minimum absolute atomic E-state index is 0.0518. The van der Waals surface area contributed by atoms with Gasteiger partial charge in [-0.15, -0.1) is 0 Å². The SMILES string of the molecule is CC(C)C1=C[C@@H]2C[C@]3(C=O)[C@@H]4CC[C@@H](C)[C@H]4CC2(CO[C@H]2C[C@H]4[C@H](OC[C@H]4C(C)C)[C@@H](C)O2)C13C(=O)O. The summed E-state index contributed by atoms with van der Waals surface area (Å²) in [6, 6.07) is 0. The van der Waals surface area contributed by atoms with Crippen molar-refractivity contribution in [3.63, 3.8) is 0 Å². The normalized spacial score (nSPS) is 51.9. The van der Waals surface area contributed by atoms with Crippen molar-refractivity contribution in [1.82, 2.24) is 0 Å². The highest BCUT2D eigenvalue weighted by atomic mass is 16.7. The summed E-state index contributed by atoms with van der Waals surface area (Å²) in [6.45, 7) is 14.2. The smallest absolute Gasteiger partial charge is 0.315 e. The molecule has 37 heavy (non-hydrogen) atoms. The fourth-order valence-corrected chi connectivity index (χ4v) is 10.8. The Morgan fingerprint density at radius 1 is 1.19 bits per heavy atom. The third-order valence-corrected chi connectivity index (χ3v) is 12.3. The number of carbonyl (C=O) groups is 2. The van der Waals surface area contributed by atoms with Crippen molar-refractivity contribution < 1.29 is 28.9 Å². The zero-order valence-corrected chi connectivity index (χ0v) is 23.4. The predicted octanol–water partition coefficient (Wildman–Crippen LogP) is 5.35. The third-order valence-electron chi connectivity index (χ3n) is 12.3. The van der Waals surface area contributed by atoms with E-state index in [0.29, 0.717) is 42.6 Å². The molecule has 0 aromatic carbocycles. The first kappa shape index (κ1) is 26.0. The van der Waals surface area contributed by atoms with Crippen molar-refractivity contribution in [3.05, 3.63) is 11.6 Å². The molecular formula is C31H46O6. The molecule has 2 saturated heterocycles. The molecule has 206 valence electrons. The van der Waals surface area contributed by atoms with Crippen molar-refractivity contribution in [1.29, 1.82) is 0 Å². The van der Waals surface area contributed by atoms with Crippen LogP contribution >= 0.6 is 0 Å². The highest BCUT2D eigenvalue weighted by Crippen LogP contribution is 2.82. The van der Waals surface area contributed by atoms with Gasteiger partial charge in [-0.1, -0.05) is 52.7 Å². The first-order valence-electron chi connectivity index (χ1n) is 14.8. The lowest BCUT2D eigenvalue weighted by molar-refractivity contribution is -0.251. The first-order chi connectivity index (χ1) is 17.5. The maximum Gasteiger partial charge on any atom is 0.315 e. The number of aldehydes is 1. The van der Waals surface area contributed by atoms with Crippen molar-refractivity contribution in [3.8, 4) is 0 Å². The van der Waals surface area contributed by atoms with Gasteiger partial charge in [-0.3, -0.25) is 4.79 Å². The number of carboxylic acid groups (broad SMARTS) is 1. The molecule has 0 spiro atoms. The van der Waals surface area contributed by atoms with Crippen LogP contribution in [0.4, 0.5) is 0 Å². The molecule has 4 bridgehead atoms. The molecule has 4 aliphatic carbocycles. The first-order valence-corrected chi connectivity index (χ1v) is 14.8. The van der Waals surface area contributed by atoms with Gasteiger partial charge in [0.2, 0.25) is 0 Å². The van der Waals surface area contributed by atoms with Gasteiger partial charge in [-0.05, 0) is 73.5 Å². The van der Waals surface area contributed by atoms with Crippen LogP contribution in [-0.4, -0.2) is 49.1 Å². The predicted molar refractivity (Wildman–Crippen MR) is 138 cm³/mol. The van der Waals surface area contributed by atoms with E-state index in [1.54, 1.807) is 0 Å². The molecule has 1 N–H and O–H groups in total. The number of allylic oxidation sites excluding steroid dienone is 1. The van der Waals surface area contributed by atoms with E-state index < -0.39 is 22.2 Å². The standard InChI is InChI=1S/C31H46O6/c1-16(2)23-13-35-27-19(6)37-26(10-21(23)27)36-15-30-12-22-18(5)7-8-24(22)29(14-32)11-20(30)9-25(17(3)4)31(29,30)28(33)34/h9,14,16-24,26-27H,7-8,10-13,15H2,1-6H3,(H,33,34)/t18-,19-,20-,21-,22-,23+,24-,26-,27-,29+,30?,31?/m1/s1. The van der Waals surface area contributed by atoms with Crippen LogP contribution in [0, 0.1) is 63.6 Å². The summed E-state index contributed by atoms with van der Waals surface area (Å²) in [7, 11) is 0. The van der Waals surface area contributed by atoms with E-state index in [0.717, 1.165) is 44.1 Å².